The van der Waals surface area contributed by atoms with Gasteiger partial charge in [-0.05, 0) is 75.0 Å². The van der Waals surface area contributed by atoms with Gasteiger partial charge in [-0.25, -0.2) is 0 Å². The number of aryl methyl sites for hydroxylation is 1. The fraction of sp³-hybridized carbons (Fsp3) is 0.750. The number of rotatable bonds is 4. The number of ether oxygens (including phenoxy) is 2. The van der Waals surface area contributed by atoms with E-state index in [-0.39, 0.29) is 17.6 Å². The number of likely N-dealkylation sites (tertiary alicyclic amines) is 1. The van der Waals surface area contributed by atoms with Gasteiger partial charge in [0.05, 0.1) is 6.10 Å². The molecule has 2 aliphatic carbocycles. The van der Waals surface area contributed by atoms with Crippen molar-refractivity contribution in [2.75, 3.05) is 20.2 Å². The van der Waals surface area contributed by atoms with E-state index in [9.17, 15) is 5.11 Å². The normalized spacial score (nSPS) is 39.8. The van der Waals surface area contributed by atoms with Crippen molar-refractivity contribution in [1.82, 2.24) is 4.90 Å². The number of hydrogen-bond acceptors (Lipinski definition) is 4. The number of hydrogen-bond donors (Lipinski definition) is 1. The molecule has 4 aliphatic rings. The summed E-state index contributed by atoms with van der Waals surface area (Å²) in [5.74, 6) is 2.96. The van der Waals surface area contributed by atoms with Gasteiger partial charge >= 0.3 is 0 Å². The highest BCUT2D eigenvalue weighted by Gasteiger charge is 2.64. The average molecular weight is 386 g/mol. The topological polar surface area (TPSA) is 41.9 Å². The van der Waals surface area contributed by atoms with Crippen molar-refractivity contribution in [3.8, 4) is 11.5 Å². The van der Waals surface area contributed by atoms with Crippen molar-refractivity contribution in [3.63, 3.8) is 0 Å². The zero-order valence-electron chi connectivity index (χ0n) is 17.8. The minimum absolute atomic E-state index is 0.00498. The van der Waals surface area contributed by atoms with E-state index in [0.29, 0.717) is 23.6 Å². The second-order valence-electron chi connectivity index (χ2n) is 9.83. The molecular weight excluding hydrogens is 350 g/mol. The van der Waals surface area contributed by atoms with Crippen molar-refractivity contribution in [2.24, 2.45) is 17.8 Å². The molecule has 2 aliphatic heterocycles. The quantitative estimate of drug-likeness (QED) is 0.846. The minimum atomic E-state index is -0.0356. The Balaban J connectivity index is 1.63. The van der Waals surface area contributed by atoms with Crippen LogP contribution in [0.5, 0.6) is 11.5 Å². The summed E-state index contributed by atoms with van der Waals surface area (Å²) in [4.78, 5) is 2.75. The first-order valence-electron chi connectivity index (χ1n) is 11.3. The average Bonchev–Trinajstić information content (AvgIpc) is 3.44. The monoisotopic (exact) mass is 385 g/mol. The lowest BCUT2D eigenvalue weighted by atomic mass is 9.53. The van der Waals surface area contributed by atoms with E-state index in [1.54, 1.807) is 0 Å². The predicted octanol–water partition coefficient (Wildman–Crippen LogP) is 4.13. The summed E-state index contributed by atoms with van der Waals surface area (Å²) >= 11 is 0. The molecule has 28 heavy (non-hydrogen) atoms. The molecule has 1 aromatic rings. The maximum atomic E-state index is 10.7. The van der Waals surface area contributed by atoms with Crippen molar-refractivity contribution in [2.45, 2.75) is 76.5 Å². The second kappa shape index (κ2) is 6.63. The molecule has 0 radical (unpaired) electrons. The third-order valence-corrected chi connectivity index (χ3v) is 8.40. The van der Waals surface area contributed by atoms with Gasteiger partial charge in [0.2, 0.25) is 0 Å². The van der Waals surface area contributed by atoms with Gasteiger partial charge in [-0.15, -0.1) is 0 Å². The van der Waals surface area contributed by atoms with E-state index in [1.807, 2.05) is 13.2 Å². The molecule has 0 bridgehead atoms. The molecule has 2 saturated carbocycles. The summed E-state index contributed by atoms with van der Waals surface area (Å²) in [6.07, 6.45) is 6.14. The summed E-state index contributed by atoms with van der Waals surface area (Å²) in [6.45, 7) is 9.36. The Morgan fingerprint density at radius 1 is 1.29 bits per heavy atom. The molecule has 0 amide bonds. The van der Waals surface area contributed by atoms with Crippen LogP contribution in [0.2, 0.25) is 0 Å². The Morgan fingerprint density at radius 3 is 2.75 bits per heavy atom. The first-order valence-corrected chi connectivity index (χ1v) is 11.3. The van der Waals surface area contributed by atoms with Gasteiger partial charge in [-0.2, -0.15) is 0 Å². The number of nitrogens with zero attached hydrogens (tertiary/aromatic N) is 1. The highest BCUT2D eigenvalue weighted by atomic mass is 16.5. The van der Waals surface area contributed by atoms with Crippen molar-refractivity contribution < 1.29 is 14.6 Å². The molecule has 3 fully saturated rings. The van der Waals surface area contributed by atoms with Crippen molar-refractivity contribution in [3.05, 3.63) is 23.3 Å². The summed E-state index contributed by atoms with van der Waals surface area (Å²) < 4.78 is 12.6. The van der Waals surface area contributed by atoms with Gasteiger partial charge < -0.3 is 19.5 Å². The third kappa shape index (κ3) is 2.50. The van der Waals surface area contributed by atoms with Crippen LogP contribution in [0.15, 0.2) is 12.1 Å². The number of phenolic OH excluding ortho intramolecular Hbond substituents is 1. The Labute approximate surface area is 169 Å². The van der Waals surface area contributed by atoms with E-state index in [2.05, 4.69) is 31.7 Å². The van der Waals surface area contributed by atoms with Crippen LogP contribution in [-0.4, -0.2) is 48.5 Å². The molecule has 4 nitrogen and oxygen atoms in total. The molecule has 0 aromatic heterocycles. The Morgan fingerprint density at radius 2 is 2.07 bits per heavy atom. The van der Waals surface area contributed by atoms with E-state index < -0.39 is 0 Å². The highest BCUT2D eigenvalue weighted by molar-refractivity contribution is 5.59. The van der Waals surface area contributed by atoms with E-state index >= 15 is 0 Å². The molecule has 4 heteroatoms. The molecule has 5 rings (SSSR count). The minimum Gasteiger partial charge on any atom is -0.504 e. The molecule has 1 spiro atoms. The van der Waals surface area contributed by atoms with Gasteiger partial charge in [0.25, 0.3) is 0 Å². The zero-order valence-corrected chi connectivity index (χ0v) is 17.8. The largest absolute Gasteiger partial charge is 0.504 e. The summed E-state index contributed by atoms with van der Waals surface area (Å²) in [5, 5.41) is 10.7. The van der Waals surface area contributed by atoms with Gasteiger partial charge in [-0.1, -0.05) is 19.9 Å². The smallest absolute Gasteiger partial charge is 0.165 e. The second-order valence-corrected chi connectivity index (χ2v) is 9.83. The van der Waals surface area contributed by atoms with Crippen LogP contribution in [0.1, 0.15) is 57.6 Å². The molecular formula is C24H35NO3. The molecule has 154 valence electrons. The molecule has 4 unspecified atom stereocenters. The standard InChI is InChI=1S/C24H35NO3/c1-5-17-8-9-19(26)22-20(17)24-10-11-25(13-16-6-7-16)15(3)18(24)12-14(2)21(27-4)23(24)28-22/h8-9,14-16,18,21,23,26H,5-7,10-13H2,1-4H3/t14-,15?,18?,21?,23-,24?/m0/s1. The van der Waals surface area contributed by atoms with Crippen LogP contribution in [-0.2, 0) is 16.6 Å². The van der Waals surface area contributed by atoms with Crippen LogP contribution >= 0.6 is 0 Å². The van der Waals surface area contributed by atoms with E-state index in [0.717, 1.165) is 31.1 Å². The molecule has 1 saturated heterocycles. The first-order chi connectivity index (χ1) is 13.5. The van der Waals surface area contributed by atoms with Crippen LogP contribution in [0.4, 0.5) is 0 Å². The van der Waals surface area contributed by atoms with Crippen LogP contribution in [0.25, 0.3) is 0 Å². The lowest BCUT2D eigenvalue weighted by molar-refractivity contribution is -0.132. The highest BCUT2D eigenvalue weighted by Crippen LogP contribution is 2.62. The summed E-state index contributed by atoms with van der Waals surface area (Å²) in [5.41, 5.74) is 2.61. The maximum Gasteiger partial charge on any atom is 0.165 e. The van der Waals surface area contributed by atoms with Gasteiger partial charge in [0.1, 0.15) is 6.10 Å². The maximum absolute atomic E-state index is 10.7. The SMILES string of the molecule is CCc1ccc(O)c2c1C13CCN(CC4CC4)C(C)C1C[C@H](C)C(OC)[C@@H]3O2. The number of methoxy groups -OCH3 is 1. The number of fused-ring (bicyclic) bond motifs is 1. The number of phenols is 1. The Hall–Kier alpha value is -1.26. The molecule has 1 N–H and O–H groups in total. The Bertz CT molecular complexity index is 760. The summed E-state index contributed by atoms with van der Waals surface area (Å²) in [7, 11) is 1.83. The third-order valence-electron chi connectivity index (χ3n) is 8.40. The number of piperidine rings is 1. The zero-order chi connectivity index (χ0) is 19.6. The Kier molecular flexibility index (Phi) is 4.44. The van der Waals surface area contributed by atoms with E-state index in [4.69, 9.17) is 9.47 Å². The van der Waals surface area contributed by atoms with Gasteiger partial charge in [0, 0.05) is 30.7 Å². The van der Waals surface area contributed by atoms with Gasteiger partial charge in [0.15, 0.2) is 11.5 Å². The molecule has 2 heterocycles. The summed E-state index contributed by atoms with van der Waals surface area (Å²) in [6, 6.07) is 4.48. The number of benzene rings is 1. The fourth-order valence-electron chi connectivity index (χ4n) is 6.82. The number of aromatic hydroxyl groups is 1. The van der Waals surface area contributed by atoms with Crippen molar-refractivity contribution in [1.29, 1.82) is 0 Å². The molecule has 6 atom stereocenters. The van der Waals surface area contributed by atoms with Crippen LogP contribution < -0.4 is 4.74 Å². The molecule has 1 aromatic carbocycles. The van der Waals surface area contributed by atoms with E-state index in [1.165, 1.54) is 36.9 Å². The lowest BCUT2D eigenvalue weighted by Gasteiger charge is -2.58. The fourth-order valence-corrected chi connectivity index (χ4v) is 6.82. The predicted molar refractivity (Wildman–Crippen MR) is 110 cm³/mol. The lowest BCUT2D eigenvalue weighted by Crippen LogP contribution is -2.66. The van der Waals surface area contributed by atoms with Crippen LogP contribution in [0, 0.1) is 17.8 Å². The van der Waals surface area contributed by atoms with Gasteiger partial charge in [-0.3, -0.25) is 0 Å². The van der Waals surface area contributed by atoms with Crippen molar-refractivity contribution >= 4 is 0 Å². The first kappa shape index (κ1) is 18.7. The van der Waals surface area contributed by atoms with Crippen LogP contribution in [0.3, 0.4) is 0 Å².